The Morgan fingerprint density at radius 2 is 2.28 bits per heavy atom. The molecule has 1 heterocycles. The topological polar surface area (TPSA) is 55.6 Å². The Morgan fingerprint density at radius 3 is 3.00 bits per heavy atom. The number of nitrogens with two attached hydrogens (primary N) is 1. The van der Waals surface area contributed by atoms with Crippen molar-refractivity contribution >= 4 is 17.5 Å². The number of carbonyl (C=O) groups is 1. The summed E-state index contributed by atoms with van der Waals surface area (Å²) < 4.78 is 5.87. The predicted octanol–water partition coefficient (Wildman–Crippen LogP) is 1.67. The molecule has 2 rings (SSSR count). The number of likely N-dealkylation sites (tertiary alicyclic amines) is 1. The summed E-state index contributed by atoms with van der Waals surface area (Å²) in [5.74, 6) is 0.401. The van der Waals surface area contributed by atoms with Gasteiger partial charge in [0.05, 0.1) is 11.6 Å². The van der Waals surface area contributed by atoms with Gasteiger partial charge in [0, 0.05) is 6.54 Å². The Bertz CT molecular complexity index is 425. The van der Waals surface area contributed by atoms with Crippen LogP contribution >= 0.6 is 11.6 Å². The van der Waals surface area contributed by atoms with E-state index >= 15 is 0 Å². The van der Waals surface area contributed by atoms with Gasteiger partial charge in [-0.1, -0.05) is 23.7 Å². The molecule has 18 heavy (non-hydrogen) atoms. The number of rotatable bonds is 4. The van der Waals surface area contributed by atoms with Gasteiger partial charge in [0.25, 0.3) is 0 Å². The van der Waals surface area contributed by atoms with Crippen molar-refractivity contribution in [1.29, 1.82) is 0 Å². The highest BCUT2D eigenvalue weighted by molar-refractivity contribution is 6.32. The number of ether oxygens (including phenoxy) is 1. The van der Waals surface area contributed by atoms with Crippen molar-refractivity contribution in [2.24, 2.45) is 5.73 Å². The summed E-state index contributed by atoms with van der Waals surface area (Å²) in [6, 6.07) is 7.43. The number of para-hydroxylation sites is 1. The number of amides is 1. The zero-order valence-electron chi connectivity index (χ0n) is 10.1. The molecule has 1 aromatic rings. The second-order valence-electron chi connectivity index (χ2n) is 4.51. The van der Waals surface area contributed by atoms with E-state index in [1.54, 1.807) is 6.07 Å². The van der Waals surface area contributed by atoms with Crippen molar-refractivity contribution in [1.82, 2.24) is 4.90 Å². The molecule has 0 radical (unpaired) electrons. The van der Waals surface area contributed by atoms with Gasteiger partial charge in [-0.05, 0) is 31.5 Å². The molecule has 1 aliphatic heterocycles. The Morgan fingerprint density at radius 1 is 1.50 bits per heavy atom. The molecule has 1 aromatic carbocycles. The number of halogens is 1. The van der Waals surface area contributed by atoms with Crippen LogP contribution in [-0.2, 0) is 4.79 Å². The maximum atomic E-state index is 10.9. The van der Waals surface area contributed by atoms with Gasteiger partial charge in [-0.15, -0.1) is 0 Å². The maximum absolute atomic E-state index is 10.9. The first kappa shape index (κ1) is 13.2. The Labute approximate surface area is 112 Å². The third-order valence-electron chi connectivity index (χ3n) is 2.97. The standard InChI is InChI=1S/C13H17ClN2O2/c14-11-5-1-2-6-12(11)18-10-4-3-7-16(8-10)9-13(15)17/h1-2,5-6,10H,3-4,7-9H2,(H2,15,17). The van der Waals surface area contributed by atoms with Crippen LogP contribution in [0.1, 0.15) is 12.8 Å². The average molecular weight is 269 g/mol. The van der Waals surface area contributed by atoms with Crippen molar-refractivity contribution in [2.45, 2.75) is 18.9 Å². The van der Waals surface area contributed by atoms with Gasteiger partial charge < -0.3 is 10.5 Å². The van der Waals surface area contributed by atoms with Crippen LogP contribution in [-0.4, -0.2) is 36.5 Å². The number of carbonyl (C=O) groups excluding carboxylic acids is 1. The van der Waals surface area contributed by atoms with Crippen molar-refractivity contribution in [2.75, 3.05) is 19.6 Å². The molecule has 98 valence electrons. The monoisotopic (exact) mass is 268 g/mol. The Kier molecular flexibility index (Phi) is 4.44. The first-order valence-electron chi connectivity index (χ1n) is 6.07. The maximum Gasteiger partial charge on any atom is 0.231 e. The molecule has 0 bridgehead atoms. The zero-order chi connectivity index (χ0) is 13.0. The van der Waals surface area contributed by atoms with Crippen LogP contribution < -0.4 is 10.5 Å². The van der Waals surface area contributed by atoms with Gasteiger partial charge in [0.15, 0.2) is 0 Å². The van der Waals surface area contributed by atoms with Gasteiger partial charge in [0.2, 0.25) is 5.91 Å². The van der Waals surface area contributed by atoms with Gasteiger partial charge in [0.1, 0.15) is 11.9 Å². The molecular weight excluding hydrogens is 252 g/mol. The Balaban J connectivity index is 1.93. The summed E-state index contributed by atoms with van der Waals surface area (Å²) in [6.07, 6.45) is 2.04. The normalized spacial score (nSPS) is 20.6. The molecule has 1 unspecified atom stereocenters. The van der Waals surface area contributed by atoms with Crippen molar-refractivity contribution in [3.05, 3.63) is 29.3 Å². The second-order valence-corrected chi connectivity index (χ2v) is 4.92. The van der Waals surface area contributed by atoms with E-state index in [1.165, 1.54) is 0 Å². The van der Waals surface area contributed by atoms with Crippen LogP contribution in [0, 0.1) is 0 Å². The van der Waals surface area contributed by atoms with E-state index in [0.717, 1.165) is 19.4 Å². The van der Waals surface area contributed by atoms with Crippen LogP contribution in [0.5, 0.6) is 5.75 Å². The van der Waals surface area contributed by atoms with E-state index in [-0.39, 0.29) is 12.0 Å². The van der Waals surface area contributed by atoms with Gasteiger partial charge in [-0.2, -0.15) is 0 Å². The summed E-state index contributed by atoms with van der Waals surface area (Å²) >= 11 is 6.05. The first-order valence-corrected chi connectivity index (χ1v) is 6.45. The largest absolute Gasteiger partial charge is 0.488 e. The lowest BCUT2D eigenvalue weighted by Gasteiger charge is -2.32. The fourth-order valence-corrected chi connectivity index (χ4v) is 2.37. The summed E-state index contributed by atoms with van der Waals surface area (Å²) in [5.41, 5.74) is 5.20. The van der Waals surface area contributed by atoms with Crippen LogP contribution in [0.15, 0.2) is 24.3 Å². The second kappa shape index (κ2) is 6.07. The lowest BCUT2D eigenvalue weighted by Crippen LogP contribution is -2.44. The van der Waals surface area contributed by atoms with E-state index in [2.05, 4.69) is 0 Å². The first-order chi connectivity index (χ1) is 8.65. The number of piperidine rings is 1. The van der Waals surface area contributed by atoms with Crippen molar-refractivity contribution < 1.29 is 9.53 Å². The molecule has 0 saturated carbocycles. The van der Waals surface area contributed by atoms with E-state index in [1.807, 2.05) is 23.1 Å². The van der Waals surface area contributed by atoms with Crippen LogP contribution in [0.4, 0.5) is 0 Å². The minimum atomic E-state index is -0.298. The molecule has 2 N–H and O–H groups in total. The number of nitrogens with zero attached hydrogens (tertiary/aromatic N) is 1. The highest BCUT2D eigenvalue weighted by Gasteiger charge is 2.22. The molecule has 5 heteroatoms. The molecule has 0 spiro atoms. The summed E-state index contributed by atoms with van der Waals surface area (Å²) in [6.45, 7) is 1.90. The molecule has 4 nitrogen and oxygen atoms in total. The molecule has 1 saturated heterocycles. The Hall–Kier alpha value is -1.26. The average Bonchev–Trinajstić information content (AvgIpc) is 2.32. The molecule has 1 atom stereocenters. The van der Waals surface area contributed by atoms with Crippen LogP contribution in [0.25, 0.3) is 0 Å². The fraction of sp³-hybridized carbons (Fsp3) is 0.462. The highest BCUT2D eigenvalue weighted by Crippen LogP contribution is 2.26. The van der Waals surface area contributed by atoms with Gasteiger partial charge in [-0.25, -0.2) is 0 Å². The lowest BCUT2D eigenvalue weighted by atomic mass is 10.1. The molecule has 1 fully saturated rings. The molecule has 0 aliphatic carbocycles. The lowest BCUT2D eigenvalue weighted by molar-refractivity contribution is -0.119. The fourth-order valence-electron chi connectivity index (χ4n) is 2.19. The van der Waals surface area contributed by atoms with E-state index < -0.39 is 0 Å². The number of benzene rings is 1. The molecular formula is C13H17ClN2O2. The van der Waals surface area contributed by atoms with Gasteiger partial charge >= 0.3 is 0 Å². The summed E-state index contributed by atoms with van der Waals surface area (Å²) in [7, 11) is 0. The third kappa shape index (κ3) is 3.62. The smallest absolute Gasteiger partial charge is 0.231 e. The number of primary amides is 1. The predicted molar refractivity (Wildman–Crippen MR) is 70.7 cm³/mol. The number of hydrogen-bond acceptors (Lipinski definition) is 3. The van der Waals surface area contributed by atoms with E-state index in [9.17, 15) is 4.79 Å². The molecule has 1 amide bonds. The van der Waals surface area contributed by atoms with Crippen LogP contribution in [0.2, 0.25) is 5.02 Å². The summed E-state index contributed by atoms with van der Waals surface area (Å²) in [5, 5.41) is 0.615. The number of hydrogen-bond donors (Lipinski definition) is 1. The SMILES string of the molecule is NC(=O)CN1CCCC(Oc2ccccc2Cl)C1. The highest BCUT2D eigenvalue weighted by atomic mass is 35.5. The zero-order valence-corrected chi connectivity index (χ0v) is 10.9. The van der Waals surface area contributed by atoms with Crippen molar-refractivity contribution in [3.63, 3.8) is 0 Å². The van der Waals surface area contributed by atoms with E-state index in [0.29, 0.717) is 23.9 Å². The molecule has 1 aliphatic rings. The summed E-state index contributed by atoms with van der Waals surface area (Å²) in [4.78, 5) is 12.9. The third-order valence-corrected chi connectivity index (χ3v) is 3.28. The van der Waals surface area contributed by atoms with Crippen molar-refractivity contribution in [3.8, 4) is 5.75 Å². The minimum absolute atomic E-state index is 0.0676. The van der Waals surface area contributed by atoms with E-state index in [4.69, 9.17) is 22.1 Å². The molecule has 0 aromatic heterocycles. The minimum Gasteiger partial charge on any atom is -0.488 e. The van der Waals surface area contributed by atoms with Crippen LogP contribution in [0.3, 0.4) is 0 Å². The quantitative estimate of drug-likeness (QED) is 0.904. The van der Waals surface area contributed by atoms with Gasteiger partial charge in [-0.3, -0.25) is 9.69 Å².